The number of fused-ring (bicyclic) bond motifs is 1. The van der Waals surface area contributed by atoms with E-state index in [1.54, 1.807) is 6.07 Å². The smallest absolute Gasteiger partial charge is 0.275 e. The molecular weight excluding hydrogens is 334 g/mol. The van der Waals surface area contributed by atoms with Gasteiger partial charge in [0.15, 0.2) is 5.69 Å². The SMILES string of the molecule is CCCN(C(=O)c1n[nH]c2ccc([N+](=O)[O-])cc12)C1CCNC1.Cl. The minimum Gasteiger partial charge on any atom is -0.333 e. The molecular formula is C15H20ClN5O3. The van der Waals surface area contributed by atoms with Crippen molar-refractivity contribution in [1.82, 2.24) is 20.4 Å². The van der Waals surface area contributed by atoms with E-state index in [4.69, 9.17) is 0 Å². The van der Waals surface area contributed by atoms with Crippen LogP contribution in [0.5, 0.6) is 0 Å². The maximum atomic E-state index is 12.9. The molecule has 130 valence electrons. The average Bonchev–Trinajstić information content (AvgIpc) is 3.20. The van der Waals surface area contributed by atoms with E-state index in [1.165, 1.54) is 12.1 Å². The van der Waals surface area contributed by atoms with Crippen LogP contribution < -0.4 is 5.32 Å². The molecule has 0 bridgehead atoms. The van der Waals surface area contributed by atoms with Crippen LogP contribution >= 0.6 is 12.4 Å². The first-order valence-electron chi connectivity index (χ1n) is 7.76. The largest absolute Gasteiger partial charge is 0.333 e. The number of nitro benzene ring substituents is 1. The monoisotopic (exact) mass is 353 g/mol. The minimum atomic E-state index is -0.467. The molecule has 1 fully saturated rings. The van der Waals surface area contributed by atoms with Crippen molar-refractivity contribution in [1.29, 1.82) is 0 Å². The van der Waals surface area contributed by atoms with Gasteiger partial charge >= 0.3 is 0 Å². The molecule has 0 saturated carbocycles. The molecule has 0 aliphatic carbocycles. The Bertz CT molecular complexity index is 742. The topological polar surface area (TPSA) is 104 Å². The number of nitro groups is 1. The summed E-state index contributed by atoms with van der Waals surface area (Å²) < 4.78 is 0. The van der Waals surface area contributed by atoms with Gasteiger partial charge in [0, 0.05) is 36.7 Å². The Labute approximate surface area is 145 Å². The zero-order chi connectivity index (χ0) is 16.4. The average molecular weight is 354 g/mol. The van der Waals surface area contributed by atoms with E-state index < -0.39 is 4.92 Å². The van der Waals surface area contributed by atoms with Crippen molar-refractivity contribution < 1.29 is 9.72 Å². The van der Waals surface area contributed by atoms with Crippen LogP contribution in [0, 0.1) is 10.1 Å². The van der Waals surface area contributed by atoms with E-state index in [2.05, 4.69) is 15.5 Å². The Morgan fingerprint density at radius 3 is 2.92 bits per heavy atom. The number of carbonyl (C=O) groups is 1. The third kappa shape index (κ3) is 3.34. The highest BCUT2D eigenvalue weighted by molar-refractivity contribution is 6.05. The first-order chi connectivity index (χ1) is 11.1. The fourth-order valence-corrected chi connectivity index (χ4v) is 3.01. The first-order valence-corrected chi connectivity index (χ1v) is 7.76. The normalized spacial score (nSPS) is 16.8. The number of non-ortho nitro benzene ring substituents is 1. The molecule has 1 aromatic carbocycles. The fourth-order valence-electron chi connectivity index (χ4n) is 3.01. The van der Waals surface area contributed by atoms with Gasteiger partial charge in [0.05, 0.1) is 10.4 Å². The predicted octanol–water partition coefficient (Wildman–Crippen LogP) is 2.11. The molecule has 3 rings (SSSR count). The van der Waals surface area contributed by atoms with Crippen LogP contribution in [0.3, 0.4) is 0 Å². The van der Waals surface area contributed by atoms with Gasteiger partial charge in [-0.05, 0) is 25.5 Å². The summed E-state index contributed by atoms with van der Waals surface area (Å²) in [5, 5.41) is 21.6. The van der Waals surface area contributed by atoms with Crippen LogP contribution in [0.25, 0.3) is 10.9 Å². The van der Waals surface area contributed by atoms with Gasteiger partial charge in [0.25, 0.3) is 11.6 Å². The molecule has 2 aromatic rings. The fraction of sp³-hybridized carbons (Fsp3) is 0.467. The minimum absolute atomic E-state index is 0. The van der Waals surface area contributed by atoms with E-state index in [0.29, 0.717) is 17.4 Å². The lowest BCUT2D eigenvalue weighted by molar-refractivity contribution is -0.384. The molecule has 2 N–H and O–H groups in total. The maximum absolute atomic E-state index is 12.9. The number of carbonyl (C=O) groups excluding carboxylic acids is 1. The lowest BCUT2D eigenvalue weighted by Gasteiger charge is -2.27. The summed E-state index contributed by atoms with van der Waals surface area (Å²) in [5.74, 6) is -0.174. The number of nitrogens with one attached hydrogen (secondary N) is 2. The summed E-state index contributed by atoms with van der Waals surface area (Å²) in [6.07, 6.45) is 1.76. The molecule has 8 nitrogen and oxygen atoms in total. The molecule has 0 spiro atoms. The number of hydrogen-bond acceptors (Lipinski definition) is 5. The number of benzene rings is 1. The van der Waals surface area contributed by atoms with Gasteiger partial charge in [-0.3, -0.25) is 20.0 Å². The Morgan fingerprint density at radius 1 is 1.50 bits per heavy atom. The highest BCUT2D eigenvalue weighted by Crippen LogP contribution is 2.24. The van der Waals surface area contributed by atoms with Crippen LogP contribution in [-0.2, 0) is 0 Å². The summed E-state index contributed by atoms with van der Waals surface area (Å²) in [6.45, 7) is 4.34. The Kier molecular flexibility index (Phi) is 5.74. The van der Waals surface area contributed by atoms with E-state index in [1.807, 2.05) is 11.8 Å². The number of aromatic nitrogens is 2. The molecule has 2 heterocycles. The van der Waals surface area contributed by atoms with Gasteiger partial charge < -0.3 is 10.2 Å². The van der Waals surface area contributed by atoms with Crippen LogP contribution in [0.15, 0.2) is 18.2 Å². The molecule has 1 aliphatic heterocycles. The lowest BCUT2D eigenvalue weighted by atomic mass is 10.1. The van der Waals surface area contributed by atoms with Crippen molar-refractivity contribution >= 4 is 34.9 Å². The highest BCUT2D eigenvalue weighted by Gasteiger charge is 2.29. The standard InChI is InChI=1S/C15H19N5O3.ClH/c1-2-7-19(11-5-6-16-9-11)15(21)14-12-8-10(20(22)23)3-4-13(12)17-18-14;/h3-4,8,11,16H,2,5-7,9H2,1H3,(H,17,18);1H. The van der Waals surface area contributed by atoms with Crippen LogP contribution in [0.2, 0.25) is 0 Å². The molecule has 1 aliphatic rings. The third-order valence-corrected chi connectivity index (χ3v) is 4.16. The van der Waals surface area contributed by atoms with Crippen molar-refractivity contribution in [3.63, 3.8) is 0 Å². The van der Waals surface area contributed by atoms with E-state index in [-0.39, 0.29) is 35.7 Å². The number of hydrogen-bond donors (Lipinski definition) is 2. The number of aromatic amines is 1. The van der Waals surface area contributed by atoms with E-state index in [9.17, 15) is 14.9 Å². The second kappa shape index (κ2) is 7.59. The number of H-pyrrole nitrogens is 1. The summed E-state index contributed by atoms with van der Waals surface area (Å²) in [7, 11) is 0. The molecule has 0 radical (unpaired) electrons. The Hall–Kier alpha value is -2.19. The van der Waals surface area contributed by atoms with Gasteiger partial charge in [-0.2, -0.15) is 5.10 Å². The van der Waals surface area contributed by atoms with Crippen molar-refractivity contribution in [3.8, 4) is 0 Å². The summed E-state index contributed by atoms with van der Waals surface area (Å²) >= 11 is 0. The second-order valence-corrected chi connectivity index (χ2v) is 5.70. The van der Waals surface area contributed by atoms with Gasteiger partial charge in [0.1, 0.15) is 0 Å². The molecule has 1 aromatic heterocycles. The molecule has 1 atom stereocenters. The quantitative estimate of drug-likeness (QED) is 0.632. The van der Waals surface area contributed by atoms with Crippen LogP contribution in [0.4, 0.5) is 5.69 Å². The molecule has 9 heteroatoms. The predicted molar refractivity (Wildman–Crippen MR) is 92.6 cm³/mol. The summed E-state index contributed by atoms with van der Waals surface area (Å²) in [6, 6.07) is 4.54. The van der Waals surface area contributed by atoms with Crippen molar-refractivity contribution in [3.05, 3.63) is 34.0 Å². The summed E-state index contributed by atoms with van der Waals surface area (Å²) in [4.78, 5) is 25.2. The Balaban J connectivity index is 0.00000208. The highest BCUT2D eigenvalue weighted by atomic mass is 35.5. The van der Waals surface area contributed by atoms with Crippen molar-refractivity contribution in [2.45, 2.75) is 25.8 Å². The maximum Gasteiger partial charge on any atom is 0.275 e. The molecule has 1 amide bonds. The van der Waals surface area contributed by atoms with E-state index >= 15 is 0 Å². The first kappa shape index (κ1) is 18.2. The zero-order valence-corrected chi connectivity index (χ0v) is 14.1. The van der Waals surface area contributed by atoms with Crippen LogP contribution in [0.1, 0.15) is 30.3 Å². The Morgan fingerprint density at radius 2 is 2.29 bits per heavy atom. The van der Waals surface area contributed by atoms with Gasteiger partial charge in [-0.15, -0.1) is 12.4 Å². The number of rotatable bonds is 5. The van der Waals surface area contributed by atoms with Crippen molar-refractivity contribution in [2.24, 2.45) is 0 Å². The third-order valence-electron chi connectivity index (χ3n) is 4.16. The van der Waals surface area contributed by atoms with Gasteiger partial charge in [-0.25, -0.2) is 0 Å². The lowest BCUT2D eigenvalue weighted by Crippen LogP contribution is -2.42. The number of nitrogens with zero attached hydrogens (tertiary/aromatic N) is 3. The second-order valence-electron chi connectivity index (χ2n) is 5.70. The number of halogens is 1. The number of amides is 1. The molecule has 24 heavy (non-hydrogen) atoms. The van der Waals surface area contributed by atoms with E-state index in [0.717, 1.165) is 25.9 Å². The molecule has 1 unspecified atom stereocenters. The van der Waals surface area contributed by atoms with Crippen LogP contribution in [-0.4, -0.2) is 51.6 Å². The molecule has 1 saturated heterocycles. The summed E-state index contributed by atoms with van der Waals surface area (Å²) in [5.41, 5.74) is 0.835. The van der Waals surface area contributed by atoms with Gasteiger partial charge in [0.2, 0.25) is 0 Å². The van der Waals surface area contributed by atoms with Gasteiger partial charge in [-0.1, -0.05) is 6.92 Å². The zero-order valence-electron chi connectivity index (χ0n) is 13.3. The van der Waals surface area contributed by atoms with Crippen molar-refractivity contribution in [2.75, 3.05) is 19.6 Å².